The zero-order chi connectivity index (χ0) is 20.5. The molecule has 3 aromatic carbocycles. The number of esters is 1. The van der Waals surface area contributed by atoms with Crippen LogP contribution in [-0.4, -0.2) is 20.2 Å². The Balaban J connectivity index is 1.64. The van der Waals surface area contributed by atoms with Gasteiger partial charge in [0.2, 0.25) is 0 Å². The number of benzene rings is 3. The predicted octanol–water partition coefficient (Wildman–Crippen LogP) is 5.24. The molecule has 29 heavy (non-hydrogen) atoms. The zero-order valence-corrected chi connectivity index (χ0v) is 16.9. The molecule has 4 heteroatoms. The molecule has 0 aromatic heterocycles. The van der Waals surface area contributed by atoms with Gasteiger partial charge in [-0.05, 0) is 54.7 Å². The minimum atomic E-state index is -0.314. The molecule has 0 atom stereocenters. The molecule has 0 aliphatic carbocycles. The van der Waals surface area contributed by atoms with Crippen LogP contribution in [0.3, 0.4) is 0 Å². The van der Waals surface area contributed by atoms with E-state index in [-0.39, 0.29) is 5.97 Å². The third kappa shape index (κ3) is 5.61. The molecule has 0 saturated carbocycles. The maximum absolute atomic E-state index is 11.5. The average Bonchev–Trinajstić information content (AvgIpc) is 2.78. The van der Waals surface area contributed by atoms with Gasteiger partial charge < -0.3 is 14.2 Å². The van der Waals surface area contributed by atoms with Gasteiger partial charge >= 0.3 is 5.97 Å². The van der Waals surface area contributed by atoms with Crippen molar-refractivity contribution in [2.24, 2.45) is 0 Å². The maximum atomic E-state index is 11.5. The van der Waals surface area contributed by atoms with Gasteiger partial charge in [-0.2, -0.15) is 0 Å². The predicted molar refractivity (Wildman–Crippen MR) is 114 cm³/mol. The van der Waals surface area contributed by atoms with Crippen molar-refractivity contribution in [3.63, 3.8) is 0 Å². The SMILES string of the molecule is COC(=O)c1ccc(CCCc2c(OC)cccc2OCc2ccccc2)cc1. The van der Waals surface area contributed by atoms with Crippen molar-refractivity contribution in [2.75, 3.05) is 14.2 Å². The molecule has 0 saturated heterocycles. The van der Waals surface area contributed by atoms with E-state index < -0.39 is 0 Å². The summed E-state index contributed by atoms with van der Waals surface area (Å²) in [5.74, 6) is 1.39. The monoisotopic (exact) mass is 390 g/mol. The molecule has 0 spiro atoms. The van der Waals surface area contributed by atoms with Crippen LogP contribution in [0.4, 0.5) is 0 Å². The Bertz CT molecular complexity index is 917. The van der Waals surface area contributed by atoms with Gasteiger partial charge in [-0.25, -0.2) is 4.79 Å². The average molecular weight is 390 g/mol. The Morgan fingerprint density at radius 3 is 2.17 bits per heavy atom. The number of carbonyl (C=O) groups excluding carboxylic acids is 1. The summed E-state index contributed by atoms with van der Waals surface area (Å²) in [5.41, 5.74) is 3.96. The lowest BCUT2D eigenvalue weighted by molar-refractivity contribution is 0.0600. The quantitative estimate of drug-likeness (QED) is 0.469. The van der Waals surface area contributed by atoms with Crippen molar-refractivity contribution in [1.82, 2.24) is 0 Å². The third-order valence-corrected chi connectivity index (χ3v) is 4.81. The Hall–Kier alpha value is -3.27. The Morgan fingerprint density at radius 2 is 1.48 bits per heavy atom. The molecule has 0 N–H and O–H groups in total. The molecule has 0 amide bonds. The Morgan fingerprint density at radius 1 is 0.759 bits per heavy atom. The van der Waals surface area contributed by atoms with Crippen LogP contribution in [0.2, 0.25) is 0 Å². The van der Waals surface area contributed by atoms with Gasteiger partial charge in [-0.3, -0.25) is 0 Å². The highest BCUT2D eigenvalue weighted by atomic mass is 16.5. The number of aryl methyl sites for hydroxylation is 1. The highest BCUT2D eigenvalue weighted by molar-refractivity contribution is 5.89. The van der Waals surface area contributed by atoms with Crippen molar-refractivity contribution in [1.29, 1.82) is 0 Å². The fraction of sp³-hybridized carbons (Fsp3) is 0.240. The minimum absolute atomic E-state index is 0.314. The van der Waals surface area contributed by atoms with E-state index in [1.54, 1.807) is 19.2 Å². The van der Waals surface area contributed by atoms with Crippen LogP contribution < -0.4 is 9.47 Å². The van der Waals surface area contributed by atoms with Gasteiger partial charge in [0, 0.05) is 5.56 Å². The molecule has 4 nitrogen and oxygen atoms in total. The normalized spacial score (nSPS) is 10.4. The Labute approximate surface area is 172 Å². The number of hydrogen-bond acceptors (Lipinski definition) is 4. The number of rotatable bonds is 9. The van der Waals surface area contributed by atoms with Gasteiger partial charge in [0.05, 0.1) is 19.8 Å². The first-order chi connectivity index (χ1) is 14.2. The number of methoxy groups -OCH3 is 2. The van der Waals surface area contributed by atoms with E-state index in [4.69, 9.17) is 14.2 Å². The van der Waals surface area contributed by atoms with Gasteiger partial charge in [-0.15, -0.1) is 0 Å². The van der Waals surface area contributed by atoms with E-state index in [0.717, 1.165) is 41.9 Å². The molecule has 150 valence electrons. The number of ether oxygens (including phenoxy) is 3. The van der Waals surface area contributed by atoms with Crippen LogP contribution in [0.5, 0.6) is 11.5 Å². The molecule has 0 unspecified atom stereocenters. The fourth-order valence-electron chi connectivity index (χ4n) is 3.25. The lowest BCUT2D eigenvalue weighted by atomic mass is 10.0. The van der Waals surface area contributed by atoms with E-state index in [2.05, 4.69) is 12.1 Å². The van der Waals surface area contributed by atoms with E-state index >= 15 is 0 Å². The van der Waals surface area contributed by atoms with Gasteiger partial charge in [0.15, 0.2) is 0 Å². The second-order valence-electron chi connectivity index (χ2n) is 6.75. The summed E-state index contributed by atoms with van der Waals surface area (Å²) in [6.45, 7) is 0.524. The molecular weight excluding hydrogens is 364 g/mol. The molecular formula is C25H26O4. The lowest BCUT2D eigenvalue weighted by Crippen LogP contribution is -2.02. The van der Waals surface area contributed by atoms with Crippen molar-refractivity contribution in [2.45, 2.75) is 25.9 Å². The molecule has 0 radical (unpaired) electrons. The van der Waals surface area contributed by atoms with Gasteiger partial charge in [0.1, 0.15) is 18.1 Å². The summed E-state index contributed by atoms with van der Waals surface area (Å²) < 4.78 is 16.4. The van der Waals surface area contributed by atoms with E-state index in [1.165, 1.54) is 12.7 Å². The first kappa shape index (κ1) is 20.5. The summed E-state index contributed by atoms with van der Waals surface area (Å²) in [6, 6.07) is 23.6. The molecule has 0 aliphatic heterocycles. The summed E-state index contributed by atoms with van der Waals surface area (Å²) in [4.78, 5) is 11.5. The molecule has 3 aromatic rings. The van der Waals surface area contributed by atoms with Crippen molar-refractivity contribution in [3.05, 3.63) is 95.1 Å². The largest absolute Gasteiger partial charge is 0.496 e. The zero-order valence-electron chi connectivity index (χ0n) is 16.9. The maximum Gasteiger partial charge on any atom is 0.337 e. The second-order valence-corrected chi connectivity index (χ2v) is 6.75. The van der Waals surface area contributed by atoms with Crippen molar-refractivity contribution in [3.8, 4) is 11.5 Å². The molecule has 0 fully saturated rings. The van der Waals surface area contributed by atoms with E-state index in [9.17, 15) is 4.79 Å². The molecule has 3 rings (SSSR count). The summed E-state index contributed by atoms with van der Waals surface area (Å²) in [7, 11) is 3.08. The first-order valence-electron chi connectivity index (χ1n) is 9.71. The van der Waals surface area contributed by atoms with Crippen molar-refractivity contribution >= 4 is 5.97 Å². The van der Waals surface area contributed by atoms with Gasteiger partial charge in [-0.1, -0.05) is 48.5 Å². The fourth-order valence-corrected chi connectivity index (χ4v) is 3.25. The second kappa shape index (κ2) is 10.3. The Kier molecular flexibility index (Phi) is 7.28. The van der Waals surface area contributed by atoms with Crippen LogP contribution >= 0.6 is 0 Å². The topological polar surface area (TPSA) is 44.8 Å². The molecule has 0 aliphatic rings. The molecule has 0 heterocycles. The number of carbonyl (C=O) groups is 1. The highest BCUT2D eigenvalue weighted by Crippen LogP contribution is 2.30. The number of hydrogen-bond donors (Lipinski definition) is 0. The van der Waals surface area contributed by atoms with Crippen LogP contribution in [0, 0.1) is 0 Å². The van der Waals surface area contributed by atoms with Gasteiger partial charge in [0.25, 0.3) is 0 Å². The van der Waals surface area contributed by atoms with Crippen LogP contribution in [0.1, 0.15) is 33.5 Å². The minimum Gasteiger partial charge on any atom is -0.496 e. The third-order valence-electron chi connectivity index (χ3n) is 4.81. The summed E-state index contributed by atoms with van der Waals surface area (Å²) in [5, 5.41) is 0. The lowest BCUT2D eigenvalue weighted by Gasteiger charge is -2.15. The first-order valence-corrected chi connectivity index (χ1v) is 9.71. The summed E-state index contributed by atoms with van der Waals surface area (Å²) >= 11 is 0. The van der Waals surface area contributed by atoms with E-state index in [1.807, 2.05) is 48.5 Å². The van der Waals surface area contributed by atoms with E-state index in [0.29, 0.717) is 12.2 Å². The highest BCUT2D eigenvalue weighted by Gasteiger charge is 2.11. The van der Waals surface area contributed by atoms with Crippen LogP contribution in [-0.2, 0) is 24.2 Å². The smallest absolute Gasteiger partial charge is 0.337 e. The standard InChI is InChI=1S/C25H26O4/c1-27-23-12-7-13-24(29-18-20-8-4-3-5-9-20)22(23)11-6-10-19-14-16-21(17-15-19)25(26)28-2/h3-5,7-9,12-17H,6,10-11,18H2,1-2H3. The van der Waals surface area contributed by atoms with Crippen LogP contribution in [0.25, 0.3) is 0 Å². The van der Waals surface area contributed by atoms with Crippen LogP contribution in [0.15, 0.2) is 72.8 Å². The van der Waals surface area contributed by atoms with Crippen molar-refractivity contribution < 1.29 is 19.0 Å². The summed E-state index contributed by atoms with van der Waals surface area (Å²) in [6.07, 6.45) is 2.68. The molecule has 0 bridgehead atoms.